The van der Waals surface area contributed by atoms with Crippen LogP contribution < -0.4 is 28.4 Å². The number of hydrogen-bond donors (Lipinski definition) is 1. The van der Waals surface area contributed by atoms with E-state index in [0.29, 0.717) is 53.1 Å². The third-order valence-electron chi connectivity index (χ3n) is 9.96. The lowest BCUT2D eigenvalue weighted by atomic mass is 9.86. The Labute approximate surface area is 276 Å². The average Bonchev–Trinajstić information content (AvgIpc) is 3.08. The maximum absolute atomic E-state index is 11.4. The molecule has 6 heterocycles. The third kappa shape index (κ3) is 5.37. The molecule has 4 aromatic carbocycles. The standard InChI is InChI=1S/C38H42N2O7/c1-39-17-15-24-21-30(42-3)34(43-4)35-31(24)28(39)19-22-7-13-26(14-8-22)47-36-32-27(33(41)37(44-5)38(36)45-6)16-18-40(2)29(32)20-23-9-11-25(46-35)12-10-23/h7-14,21,28-29,41H,15-20H2,1-6H3/t28-,29-/m1/s1. The quantitative estimate of drug-likeness (QED) is 0.258. The van der Waals surface area contributed by atoms with E-state index in [2.05, 4.69) is 54.2 Å². The molecule has 0 unspecified atom stereocenters. The monoisotopic (exact) mass is 638 g/mol. The molecule has 4 bridgehead atoms. The van der Waals surface area contributed by atoms with Crippen LogP contribution in [0, 0.1) is 0 Å². The van der Waals surface area contributed by atoms with E-state index in [4.69, 9.17) is 28.4 Å². The first-order valence-electron chi connectivity index (χ1n) is 16.1. The Morgan fingerprint density at radius 3 is 1.68 bits per heavy atom. The Bertz CT molecular complexity index is 1790. The molecule has 6 aliphatic heterocycles. The summed E-state index contributed by atoms with van der Waals surface area (Å²) in [6.07, 6.45) is 2.96. The number of ether oxygens (including phenoxy) is 6. The van der Waals surface area contributed by atoms with Crippen molar-refractivity contribution in [3.8, 4) is 51.7 Å². The molecular formula is C38H42N2O7. The van der Waals surface area contributed by atoms with Gasteiger partial charge in [0.1, 0.15) is 11.5 Å². The predicted molar refractivity (Wildman–Crippen MR) is 179 cm³/mol. The molecular weight excluding hydrogens is 596 g/mol. The van der Waals surface area contributed by atoms with Crippen LogP contribution in [-0.2, 0) is 25.7 Å². The number of hydrogen-bond acceptors (Lipinski definition) is 9. The van der Waals surface area contributed by atoms with Gasteiger partial charge in [0.05, 0.1) is 28.4 Å². The summed E-state index contributed by atoms with van der Waals surface area (Å²) in [5.74, 6) is 4.65. The van der Waals surface area contributed by atoms with E-state index >= 15 is 0 Å². The van der Waals surface area contributed by atoms with Crippen LogP contribution in [0.25, 0.3) is 0 Å². The van der Waals surface area contributed by atoms with Crippen LogP contribution in [0.3, 0.4) is 0 Å². The zero-order valence-electron chi connectivity index (χ0n) is 27.9. The van der Waals surface area contributed by atoms with Crippen LogP contribution in [0.2, 0.25) is 0 Å². The minimum absolute atomic E-state index is 0.0447. The first-order valence-corrected chi connectivity index (χ1v) is 16.1. The van der Waals surface area contributed by atoms with Gasteiger partial charge in [0.15, 0.2) is 23.0 Å². The highest BCUT2D eigenvalue weighted by atomic mass is 16.5. The van der Waals surface area contributed by atoms with E-state index in [0.717, 1.165) is 53.7 Å². The number of likely N-dealkylation sites (N-methyl/N-ethyl adjacent to an activating group) is 2. The molecule has 1 N–H and O–H groups in total. The molecule has 0 amide bonds. The topological polar surface area (TPSA) is 82.1 Å². The fraction of sp³-hybridized carbons (Fsp3) is 0.368. The normalized spacial score (nSPS) is 19.0. The molecule has 0 radical (unpaired) electrons. The van der Waals surface area contributed by atoms with Gasteiger partial charge >= 0.3 is 0 Å². The molecule has 4 aromatic rings. The van der Waals surface area contributed by atoms with Crippen molar-refractivity contribution in [1.29, 1.82) is 0 Å². The molecule has 6 aliphatic rings. The molecule has 0 aliphatic carbocycles. The summed E-state index contributed by atoms with van der Waals surface area (Å²) < 4.78 is 36.8. The summed E-state index contributed by atoms with van der Waals surface area (Å²) >= 11 is 0. The predicted octanol–water partition coefficient (Wildman–Crippen LogP) is 6.87. The van der Waals surface area contributed by atoms with Crippen LogP contribution in [0.15, 0.2) is 54.6 Å². The van der Waals surface area contributed by atoms with Gasteiger partial charge in [0.25, 0.3) is 0 Å². The Morgan fingerprint density at radius 2 is 1.15 bits per heavy atom. The second kappa shape index (κ2) is 12.5. The minimum Gasteiger partial charge on any atom is -0.504 e. The van der Waals surface area contributed by atoms with Crippen molar-refractivity contribution in [3.05, 3.63) is 88.0 Å². The lowest BCUT2D eigenvalue weighted by Crippen LogP contribution is -2.34. The number of benzene rings is 4. The summed E-state index contributed by atoms with van der Waals surface area (Å²) in [4.78, 5) is 4.68. The van der Waals surface area contributed by atoms with E-state index in [9.17, 15) is 5.11 Å². The molecule has 246 valence electrons. The first-order chi connectivity index (χ1) is 22.8. The lowest BCUT2D eigenvalue weighted by Gasteiger charge is -2.37. The third-order valence-corrected chi connectivity index (χ3v) is 9.96. The summed E-state index contributed by atoms with van der Waals surface area (Å²) in [5.41, 5.74) is 6.31. The van der Waals surface area contributed by atoms with Gasteiger partial charge in [-0.3, -0.25) is 9.80 Å². The van der Waals surface area contributed by atoms with Crippen LogP contribution in [-0.4, -0.2) is 70.5 Å². The minimum atomic E-state index is -0.0915. The molecule has 10 rings (SSSR count). The maximum Gasteiger partial charge on any atom is 0.208 e. The number of aromatic hydroxyl groups is 1. The number of rotatable bonds is 4. The largest absolute Gasteiger partial charge is 0.504 e. The zero-order chi connectivity index (χ0) is 32.8. The van der Waals surface area contributed by atoms with Crippen molar-refractivity contribution < 1.29 is 33.5 Å². The fourth-order valence-electron chi connectivity index (χ4n) is 7.44. The molecule has 2 atom stereocenters. The fourth-order valence-corrected chi connectivity index (χ4v) is 7.44. The summed E-state index contributed by atoms with van der Waals surface area (Å²) in [6, 6.07) is 18.5. The Kier molecular flexibility index (Phi) is 8.28. The molecule has 47 heavy (non-hydrogen) atoms. The van der Waals surface area contributed by atoms with Gasteiger partial charge in [-0.15, -0.1) is 0 Å². The molecule has 0 saturated carbocycles. The molecule has 9 heteroatoms. The lowest BCUT2D eigenvalue weighted by molar-refractivity contribution is 0.217. The summed E-state index contributed by atoms with van der Waals surface area (Å²) in [5, 5.41) is 11.4. The highest BCUT2D eigenvalue weighted by Crippen LogP contribution is 2.55. The van der Waals surface area contributed by atoms with Gasteiger partial charge in [-0.2, -0.15) is 0 Å². The zero-order valence-corrected chi connectivity index (χ0v) is 27.9. The van der Waals surface area contributed by atoms with Crippen molar-refractivity contribution in [1.82, 2.24) is 9.80 Å². The SMILES string of the molecule is COc1cc2c3c(c1OC)Oc1ccc(cc1)C[C@@H]1c4c(c(O)c(OC)c(OC)c4Oc4ccc(cc4)C[C@H]3N(C)CC2)CCN1C. The Balaban J connectivity index is 1.42. The van der Waals surface area contributed by atoms with Gasteiger partial charge in [-0.05, 0) is 86.8 Å². The smallest absolute Gasteiger partial charge is 0.208 e. The van der Waals surface area contributed by atoms with E-state index in [1.165, 1.54) is 5.56 Å². The van der Waals surface area contributed by atoms with Crippen molar-refractivity contribution in [2.45, 2.75) is 37.8 Å². The van der Waals surface area contributed by atoms with E-state index in [1.807, 2.05) is 24.3 Å². The van der Waals surface area contributed by atoms with E-state index in [-0.39, 0.29) is 23.6 Å². The van der Waals surface area contributed by atoms with Crippen LogP contribution >= 0.6 is 0 Å². The van der Waals surface area contributed by atoms with Crippen molar-refractivity contribution in [2.24, 2.45) is 0 Å². The molecule has 0 saturated heterocycles. The average molecular weight is 639 g/mol. The van der Waals surface area contributed by atoms with Gasteiger partial charge in [-0.1, -0.05) is 24.3 Å². The van der Waals surface area contributed by atoms with Crippen molar-refractivity contribution in [3.63, 3.8) is 0 Å². The maximum atomic E-state index is 11.4. The van der Waals surface area contributed by atoms with Gasteiger partial charge in [-0.25, -0.2) is 0 Å². The van der Waals surface area contributed by atoms with Gasteiger partial charge in [0.2, 0.25) is 17.2 Å². The second-order valence-electron chi connectivity index (χ2n) is 12.5. The first kappa shape index (κ1) is 31.0. The number of phenolic OH excluding ortho intramolecular Hbond substituents is 1. The Hall–Kier alpha value is -4.60. The molecule has 9 nitrogen and oxygen atoms in total. The Morgan fingerprint density at radius 1 is 0.638 bits per heavy atom. The van der Waals surface area contributed by atoms with Gasteiger partial charge in [0, 0.05) is 41.9 Å². The number of nitrogens with zero attached hydrogens (tertiary/aromatic N) is 2. The summed E-state index contributed by atoms with van der Waals surface area (Å²) in [6.45, 7) is 1.68. The van der Waals surface area contributed by atoms with Crippen LogP contribution in [0.1, 0.15) is 45.5 Å². The van der Waals surface area contributed by atoms with Crippen molar-refractivity contribution in [2.75, 3.05) is 55.6 Å². The van der Waals surface area contributed by atoms with Crippen LogP contribution in [0.5, 0.6) is 51.7 Å². The van der Waals surface area contributed by atoms with E-state index < -0.39 is 0 Å². The van der Waals surface area contributed by atoms with Crippen LogP contribution in [0.4, 0.5) is 0 Å². The highest BCUT2D eigenvalue weighted by molar-refractivity contribution is 5.69. The number of methoxy groups -OCH3 is 4. The highest BCUT2D eigenvalue weighted by Gasteiger charge is 2.37. The summed E-state index contributed by atoms with van der Waals surface area (Å²) in [7, 11) is 10.7. The molecule has 0 aromatic heterocycles. The van der Waals surface area contributed by atoms with E-state index in [1.54, 1.807) is 28.4 Å². The molecule has 0 fully saturated rings. The number of phenols is 1. The molecule has 0 spiro atoms. The van der Waals surface area contributed by atoms with Crippen molar-refractivity contribution >= 4 is 0 Å². The van der Waals surface area contributed by atoms with Gasteiger partial charge < -0.3 is 33.5 Å². The second-order valence-corrected chi connectivity index (χ2v) is 12.5.